The molecule has 2 aliphatic rings. The maximum atomic E-state index is 4.02. The van der Waals surface area contributed by atoms with Crippen LogP contribution in [0.5, 0.6) is 0 Å². The molecule has 52 valence electrons. The molecular weight excluding hydrogens is 128 g/mol. The number of aromatic amines is 1. The Labute approximate surface area is 58.3 Å². The molecule has 0 fully saturated rings. The number of nitrogens with one attached hydrogen (secondary N) is 1. The highest BCUT2D eigenvalue weighted by atomic mass is 14.9. The summed E-state index contributed by atoms with van der Waals surface area (Å²) in [5.74, 6) is 0. The molecular formula is C6H8N4. The van der Waals surface area contributed by atoms with Crippen molar-refractivity contribution in [1.82, 2.24) is 21.1 Å². The van der Waals surface area contributed by atoms with Gasteiger partial charge in [0.15, 0.2) is 0 Å². The van der Waals surface area contributed by atoms with Crippen molar-refractivity contribution in [3.05, 3.63) is 24.8 Å². The summed E-state index contributed by atoms with van der Waals surface area (Å²) in [6, 6.07) is 1.91. The van der Waals surface area contributed by atoms with Gasteiger partial charge in [-0.15, -0.1) is 0 Å². The quantitative estimate of drug-likeness (QED) is 0.568. The van der Waals surface area contributed by atoms with E-state index in [-0.39, 0.29) is 6.15 Å². The van der Waals surface area contributed by atoms with E-state index in [0.717, 1.165) is 11.4 Å². The highest BCUT2D eigenvalue weighted by molar-refractivity contribution is 5.53. The van der Waals surface area contributed by atoms with Gasteiger partial charge in [-0.25, -0.2) is 4.98 Å². The van der Waals surface area contributed by atoms with E-state index in [9.17, 15) is 0 Å². The van der Waals surface area contributed by atoms with E-state index in [1.807, 2.05) is 6.07 Å². The summed E-state index contributed by atoms with van der Waals surface area (Å²) in [5, 5.41) is 0. The van der Waals surface area contributed by atoms with Crippen LogP contribution in [0.25, 0.3) is 11.4 Å². The second kappa shape index (κ2) is 2.45. The van der Waals surface area contributed by atoms with Gasteiger partial charge in [-0.2, -0.15) is 0 Å². The Morgan fingerprint density at radius 2 is 2.30 bits per heavy atom. The average Bonchev–Trinajstić information content (AvgIpc) is 2.33. The van der Waals surface area contributed by atoms with Gasteiger partial charge in [0.05, 0.1) is 18.2 Å². The summed E-state index contributed by atoms with van der Waals surface area (Å²) in [6.07, 6.45) is 5.12. The van der Waals surface area contributed by atoms with Crippen molar-refractivity contribution in [2.75, 3.05) is 0 Å². The van der Waals surface area contributed by atoms with Gasteiger partial charge < -0.3 is 11.1 Å². The molecule has 0 aromatic rings. The van der Waals surface area contributed by atoms with Gasteiger partial charge >= 0.3 is 0 Å². The minimum atomic E-state index is 0. The minimum absolute atomic E-state index is 0. The van der Waals surface area contributed by atoms with Gasteiger partial charge in [-0.1, -0.05) is 0 Å². The first-order valence-electron chi connectivity index (χ1n) is 2.70. The van der Waals surface area contributed by atoms with Crippen molar-refractivity contribution in [2.24, 2.45) is 0 Å². The molecule has 4 nitrogen and oxygen atoms in total. The third-order valence-electron chi connectivity index (χ3n) is 1.22. The van der Waals surface area contributed by atoms with E-state index in [2.05, 4.69) is 15.0 Å². The Bertz CT molecular complexity index is 250. The monoisotopic (exact) mass is 136 g/mol. The lowest BCUT2D eigenvalue weighted by molar-refractivity contribution is 1.15. The maximum Gasteiger partial charge on any atom is 0.105 e. The van der Waals surface area contributed by atoms with E-state index in [1.165, 1.54) is 0 Å². The molecule has 0 amide bonds. The van der Waals surface area contributed by atoms with E-state index >= 15 is 0 Å². The van der Waals surface area contributed by atoms with Crippen LogP contribution < -0.4 is 6.15 Å². The van der Waals surface area contributed by atoms with Crippen LogP contribution in [0, 0.1) is 0 Å². The highest BCUT2D eigenvalue weighted by Gasteiger charge is 1.98. The first-order chi connectivity index (χ1) is 4.47. The Morgan fingerprint density at radius 1 is 1.40 bits per heavy atom. The normalized spacial score (nSPS) is 9.20. The number of H-pyrrole nitrogens is 1. The van der Waals surface area contributed by atoms with Crippen LogP contribution in [0.15, 0.2) is 24.8 Å². The van der Waals surface area contributed by atoms with Crippen molar-refractivity contribution in [1.29, 1.82) is 0 Å². The van der Waals surface area contributed by atoms with Gasteiger partial charge in [-0.3, -0.25) is 4.98 Å². The summed E-state index contributed by atoms with van der Waals surface area (Å²) in [5.41, 5.74) is 1.95. The predicted molar refractivity (Wildman–Crippen MR) is 38.0 cm³/mol. The van der Waals surface area contributed by atoms with E-state index in [1.54, 1.807) is 18.7 Å². The molecule has 0 saturated heterocycles. The van der Waals surface area contributed by atoms with Crippen molar-refractivity contribution in [3.8, 4) is 11.4 Å². The lowest BCUT2D eigenvalue weighted by atomic mass is 10.3. The summed E-state index contributed by atoms with van der Waals surface area (Å²) < 4.78 is 0. The first kappa shape index (κ1) is 6.70. The zero-order valence-corrected chi connectivity index (χ0v) is 5.41. The zero-order valence-electron chi connectivity index (χ0n) is 5.41. The van der Waals surface area contributed by atoms with Crippen LogP contribution in [0.3, 0.4) is 0 Å². The topological polar surface area (TPSA) is 76.6 Å². The standard InChI is InChI=1S/C6H5N3.H3N/c1-2-8-6-3-7-4-9-5(1)6;/h1-4H,(H,7,9);1H3. The van der Waals surface area contributed by atoms with Crippen molar-refractivity contribution >= 4 is 0 Å². The molecule has 0 aliphatic carbocycles. The van der Waals surface area contributed by atoms with Crippen molar-refractivity contribution < 1.29 is 0 Å². The summed E-state index contributed by atoms with van der Waals surface area (Å²) >= 11 is 0. The lowest BCUT2D eigenvalue weighted by Crippen LogP contribution is -1.81. The number of aromatic nitrogens is 3. The van der Waals surface area contributed by atoms with E-state index < -0.39 is 0 Å². The van der Waals surface area contributed by atoms with Gasteiger partial charge in [0, 0.05) is 6.20 Å². The fourth-order valence-electron chi connectivity index (χ4n) is 0.787. The molecule has 4 heteroatoms. The zero-order chi connectivity index (χ0) is 6.10. The molecule has 0 aromatic carbocycles. The molecule has 4 N–H and O–H groups in total. The molecule has 2 heterocycles. The van der Waals surface area contributed by atoms with Gasteiger partial charge in [0.1, 0.15) is 5.69 Å². The number of nitrogens with zero attached hydrogens (tertiary/aromatic N) is 2. The van der Waals surface area contributed by atoms with Crippen LogP contribution in [-0.4, -0.2) is 15.0 Å². The minimum Gasteiger partial charge on any atom is -0.345 e. The first-order valence-corrected chi connectivity index (χ1v) is 2.70. The third-order valence-corrected chi connectivity index (χ3v) is 1.22. The predicted octanol–water partition coefficient (Wildman–Crippen LogP) is 1.07. The Morgan fingerprint density at radius 3 is 3.10 bits per heavy atom. The SMILES string of the molecule is N.c1cc2[nH]cncc-2n1. The van der Waals surface area contributed by atoms with E-state index in [4.69, 9.17) is 0 Å². The fraction of sp³-hybridized carbons (Fsp3) is 0. The molecule has 2 rings (SSSR count). The van der Waals surface area contributed by atoms with Gasteiger partial charge in [-0.05, 0) is 6.07 Å². The van der Waals surface area contributed by atoms with Crippen LogP contribution >= 0.6 is 0 Å². The molecule has 0 radical (unpaired) electrons. The highest BCUT2D eigenvalue weighted by Crippen LogP contribution is 2.12. The van der Waals surface area contributed by atoms with Crippen LogP contribution in [0.2, 0.25) is 0 Å². The van der Waals surface area contributed by atoms with Gasteiger partial charge in [0.2, 0.25) is 0 Å². The Hall–Kier alpha value is -1.42. The van der Waals surface area contributed by atoms with Crippen molar-refractivity contribution in [2.45, 2.75) is 0 Å². The number of hydrogen-bond donors (Lipinski definition) is 2. The fourth-order valence-corrected chi connectivity index (χ4v) is 0.787. The lowest BCUT2D eigenvalue weighted by Gasteiger charge is -1.91. The molecule has 0 aromatic heterocycles. The van der Waals surface area contributed by atoms with Crippen LogP contribution in [0.1, 0.15) is 0 Å². The molecule has 0 unspecified atom stereocenters. The Balaban J connectivity index is 0.000000500. The summed E-state index contributed by atoms with van der Waals surface area (Å²) in [6.45, 7) is 0. The molecule has 0 spiro atoms. The molecule has 0 saturated carbocycles. The molecule has 0 atom stereocenters. The number of fused-ring (bicyclic) bond motifs is 1. The van der Waals surface area contributed by atoms with Crippen LogP contribution in [-0.2, 0) is 0 Å². The molecule has 2 aliphatic heterocycles. The number of rotatable bonds is 0. The third kappa shape index (κ3) is 0.844. The van der Waals surface area contributed by atoms with Crippen LogP contribution in [0.4, 0.5) is 0 Å². The van der Waals surface area contributed by atoms with Gasteiger partial charge in [0.25, 0.3) is 0 Å². The number of hydrogen-bond acceptors (Lipinski definition) is 3. The smallest absolute Gasteiger partial charge is 0.105 e. The second-order valence-electron chi connectivity index (χ2n) is 1.80. The molecule has 10 heavy (non-hydrogen) atoms. The van der Waals surface area contributed by atoms with E-state index in [0.29, 0.717) is 0 Å². The average molecular weight is 136 g/mol. The summed E-state index contributed by atoms with van der Waals surface area (Å²) in [7, 11) is 0. The maximum absolute atomic E-state index is 4.02. The summed E-state index contributed by atoms with van der Waals surface area (Å²) in [4.78, 5) is 10.8. The molecule has 0 bridgehead atoms. The Kier molecular flexibility index (Phi) is 1.64. The largest absolute Gasteiger partial charge is 0.345 e. The van der Waals surface area contributed by atoms with Crippen molar-refractivity contribution in [3.63, 3.8) is 0 Å². The second-order valence-corrected chi connectivity index (χ2v) is 1.80.